The number of nitrogens with zero attached hydrogens (tertiary/aromatic N) is 2. The summed E-state index contributed by atoms with van der Waals surface area (Å²) in [5.41, 5.74) is 8.34. The van der Waals surface area contributed by atoms with Crippen LogP contribution in [0, 0.1) is 0 Å². The molecule has 1 atom stereocenters. The van der Waals surface area contributed by atoms with Crippen LogP contribution in [0.15, 0.2) is 53.5 Å². The fourth-order valence-corrected chi connectivity index (χ4v) is 3.15. The standard InChI is InChI=1S/C22H30N4O2.HI/c1-26(2)13-5-14-27-18-10-8-17(9-11-18)16-24-22(23)25-20-12-15-28-21-7-4-3-6-19(20)21;/h3-4,6-11,20H,5,12-16H2,1-2H3,(H3,23,24,25);1H. The maximum Gasteiger partial charge on any atom is 0.189 e. The minimum Gasteiger partial charge on any atom is -0.494 e. The van der Waals surface area contributed by atoms with E-state index in [1.54, 1.807) is 0 Å². The average Bonchev–Trinajstić information content (AvgIpc) is 2.71. The van der Waals surface area contributed by atoms with Crippen LogP contribution in [0.4, 0.5) is 0 Å². The Bertz CT molecular complexity index is 781. The summed E-state index contributed by atoms with van der Waals surface area (Å²) < 4.78 is 11.4. The van der Waals surface area contributed by atoms with Gasteiger partial charge < -0.3 is 25.4 Å². The van der Waals surface area contributed by atoms with Crippen molar-refractivity contribution in [1.29, 1.82) is 0 Å². The van der Waals surface area contributed by atoms with Crippen molar-refractivity contribution in [3.63, 3.8) is 0 Å². The van der Waals surface area contributed by atoms with Gasteiger partial charge in [-0.15, -0.1) is 24.0 Å². The van der Waals surface area contributed by atoms with Gasteiger partial charge in [0.1, 0.15) is 11.5 Å². The van der Waals surface area contributed by atoms with Crippen molar-refractivity contribution >= 4 is 29.9 Å². The number of para-hydroxylation sites is 1. The van der Waals surface area contributed by atoms with Crippen LogP contribution in [0.3, 0.4) is 0 Å². The van der Waals surface area contributed by atoms with E-state index in [9.17, 15) is 0 Å². The fraction of sp³-hybridized carbons (Fsp3) is 0.409. The summed E-state index contributed by atoms with van der Waals surface area (Å²) >= 11 is 0. The molecule has 0 spiro atoms. The number of benzene rings is 2. The normalized spacial score (nSPS) is 15.8. The molecule has 0 radical (unpaired) electrons. The second kappa shape index (κ2) is 11.9. The molecule has 3 rings (SSSR count). The first-order valence-electron chi connectivity index (χ1n) is 9.76. The van der Waals surface area contributed by atoms with Crippen LogP contribution in [-0.2, 0) is 6.54 Å². The summed E-state index contributed by atoms with van der Waals surface area (Å²) in [5.74, 6) is 2.25. The molecule has 2 aromatic rings. The molecule has 1 aliphatic rings. The summed E-state index contributed by atoms with van der Waals surface area (Å²) in [4.78, 5) is 6.64. The number of rotatable bonds is 8. The van der Waals surface area contributed by atoms with Gasteiger partial charge in [-0.25, -0.2) is 4.99 Å². The van der Waals surface area contributed by atoms with Gasteiger partial charge in [0.05, 0.1) is 25.8 Å². The van der Waals surface area contributed by atoms with E-state index in [1.807, 2.05) is 42.5 Å². The number of aliphatic imine (C=N–C) groups is 1. The molecule has 0 aromatic heterocycles. The molecule has 1 aliphatic heterocycles. The number of hydrogen-bond acceptors (Lipinski definition) is 4. The van der Waals surface area contributed by atoms with Gasteiger partial charge in [-0.1, -0.05) is 30.3 Å². The van der Waals surface area contributed by atoms with Crippen molar-refractivity contribution in [3.8, 4) is 11.5 Å². The largest absolute Gasteiger partial charge is 0.494 e. The van der Waals surface area contributed by atoms with E-state index in [4.69, 9.17) is 15.2 Å². The van der Waals surface area contributed by atoms with Crippen molar-refractivity contribution in [2.45, 2.75) is 25.4 Å². The van der Waals surface area contributed by atoms with Gasteiger partial charge in [0.2, 0.25) is 0 Å². The molecule has 1 unspecified atom stereocenters. The molecule has 7 heteroatoms. The molecule has 2 aromatic carbocycles. The van der Waals surface area contributed by atoms with Crippen LogP contribution in [0.2, 0.25) is 0 Å². The smallest absolute Gasteiger partial charge is 0.189 e. The minimum atomic E-state index is 0. The highest BCUT2D eigenvalue weighted by Gasteiger charge is 2.21. The SMILES string of the molecule is CN(C)CCCOc1ccc(CN=C(N)NC2CCOc3ccccc32)cc1.I. The lowest BCUT2D eigenvalue weighted by atomic mass is 10.0. The highest BCUT2D eigenvalue weighted by atomic mass is 127. The Morgan fingerprint density at radius 1 is 1.21 bits per heavy atom. The summed E-state index contributed by atoms with van der Waals surface area (Å²) in [6.07, 6.45) is 1.88. The highest BCUT2D eigenvalue weighted by Crippen LogP contribution is 2.31. The Morgan fingerprint density at radius 3 is 2.72 bits per heavy atom. The molecular weight excluding hydrogens is 479 g/mol. The Hall–Kier alpha value is -2.00. The second-order valence-corrected chi connectivity index (χ2v) is 7.22. The van der Waals surface area contributed by atoms with Gasteiger partial charge >= 0.3 is 0 Å². The molecule has 1 heterocycles. The van der Waals surface area contributed by atoms with Crippen LogP contribution in [-0.4, -0.2) is 44.7 Å². The first-order valence-corrected chi connectivity index (χ1v) is 9.76. The number of halogens is 1. The van der Waals surface area contributed by atoms with Crippen molar-refractivity contribution in [2.75, 3.05) is 33.9 Å². The number of fused-ring (bicyclic) bond motifs is 1. The van der Waals surface area contributed by atoms with E-state index < -0.39 is 0 Å². The van der Waals surface area contributed by atoms with E-state index in [2.05, 4.69) is 35.4 Å². The third-order valence-corrected chi connectivity index (χ3v) is 4.65. The molecule has 0 aliphatic carbocycles. The number of hydrogen-bond donors (Lipinski definition) is 2. The number of ether oxygens (including phenoxy) is 2. The van der Waals surface area contributed by atoms with Gasteiger partial charge in [0.25, 0.3) is 0 Å². The molecule has 158 valence electrons. The number of nitrogens with two attached hydrogens (primary N) is 1. The van der Waals surface area contributed by atoms with Crippen molar-refractivity contribution in [3.05, 3.63) is 59.7 Å². The Labute approximate surface area is 190 Å². The van der Waals surface area contributed by atoms with Crippen LogP contribution < -0.4 is 20.5 Å². The van der Waals surface area contributed by atoms with Crippen molar-refractivity contribution in [2.24, 2.45) is 10.7 Å². The minimum absolute atomic E-state index is 0. The third-order valence-electron chi connectivity index (χ3n) is 4.65. The maximum absolute atomic E-state index is 6.11. The van der Waals surface area contributed by atoms with Gasteiger partial charge in [-0.2, -0.15) is 0 Å². The number of guanidine groups is 1. The topological polar surface area (TPSA) is 72.1 Å². The molecular formula is C22H31IN4O2. The monoisotopic (exact) mass is 510 g/mol. The molecule has 0 bridgehead atoms. The van der Waals surface area contributed by atoms with Gasteiger partial charge in [0, 0.05) is 18.5 Å². The summed E-state index contributed by atoms with van der Waals surface area (Å²) in [7, 11) is 4.13. The first kappa shape index (κ1) is 23.3. The zero-order valence-electron chi connectivity index (χ0n) is 17.1. The Balaban J connectivity index is 0.00000300. The van der Waals surface area contributed by atoms with E-state index in [0.717, 1.165) is 48.6 Å². The van der Waals surface area contributed by atoms with Crippen LogP contribution in [0.1, 0.15) is 30.0 Å². The summed E-state index contributed by atoms with van der Waals surface area (Å²) in [6, 6.07) is 16.2. The van der Waals surface area contributed by atoms with Gasteiger partial charge in [-0.3, -0.25) is 0 Å². The van der Waals surface area contributed by atoms with Crippen LogP contribution in [0.5, 0.6) is 11.5 Å². The zero-order chi connectivity index (χ0) is 19.8. The molecule has 0 saturated heterocycles. The van der Waals surface area contributed by atoms with E-state index >= 15 is 0 Å². The fourth-order valence-electron chi connectivity index (χ4n) is 3.15. The van der Waals surface area contributed by atoms with Gasteiger partial charge in [0.15, 0.2) is 5.96 Å². The zero-order valence-corrected chi connectivity index (χ0v) is 19.5. The first-order chi connectivity index (χ1) is 13.6. The quantitative estimate of drug-likeness (QED) is 0.246. The second-order valence-electron chi connectivity index (χ2n) is 7.22. The summed E-state index contributed by atoms with van der Waals surface area (Å²) in [6.45, 7) is 2.96. The number of nitrogens with one attached hydrogen (secondary N) is 1. The maximum atomic E-state index is 6.11. The van der Waals surface area contributed by atoms with Gasteiger partial charge in [-0.05, 0) is 44.3 Å². The molecule has 6 nitrogen and oxygen atoms in total. The molecule has 0 saturated carbocycles. The Kier molecular flexibility index (Phi) is 9.53. The highest BCUT2D eigenvalue weighted by molar-refractivity contribution is 14.0. The Morgan fingerprint density at radius 2 is 1.97 bits per heavy atom. The third kappa shape index (κ3) is 7.40. The predicted octanol–water partition coefficient (Wildman–Crippen LogP) is 3.56. The van der Waals surface area contributed by atoms with E-state index in [0.29, 0.717) is 19.1 Å². The van der Waals surface area contributed by atoms with Crippen LogP contribution in [0.25, 0.3) is 0 Å². The van der Waals surface area contributed by atoms with E-state index in [1.165, 1.54) is 0 Å². The molecule has 29 heavy (non-hydrogen) atoms. The molecule has 0 fully saturated rings. The average molecular weight is 510 g/mol. The lowest BCUT2D eigenvalue weighted by molar-refractivity contribution is 0.262. The lowest BCUT2D eigenvalue weighted by Crippen LogP contribution is -2.37. The summed E-state index contributed by atoms with van der Waals surface area (Å²) in [5, 5.41) is 3.32. The van der Waals surface area contributed by atoms with Crippen molar-refractivity contribution < 1.29 is 9.47 Å². The van der Waals surface area contributed by atoms with E-state index in [-0.39, 0.29) is 30.0 Å². The van der Waals surface area contributed by atoms with Crippen LogP contribution >= 0.6 is 24.0 Å². The predicted molar refractivity (Wildman–Crippen MR) is 128 cm³/mol. The lowest BCUT2D eigenvalue weighted by Gasteiger charge is -2.26. The molecule has 3 N–H and O–H groups in total. The van der Waals surface area contributed by atoms with Crippen molar-refractivity contribution in [1.82, 2.24) is 10.2 Å². The molecule has 0 amide bonds.